The van der Waals surface area contributed by atoms with Gasteiger partial charge in [-0.05, 0) is 67.0 Å². The van der Waals surface area contributed by atoms with E-state index in [2.05, 4.69) is 60.8 Å². The van der Waals surface area contributed by atoms with Crippen molar-refractivity contribution in [3.63, 3.8) is 0 Å². The zero-order valence-corrected chi connectivity index (χ0v) is 33.6. The molecule has 47 heavy (non-hydrogen) atoms. The maximum absolute atomic E-state index is 14.0. The lowest BCUT2D eigenvalue weighted by Gasteiger charge is -2.40. The zero-order valence-electron chi connectivity index (χ0n) is 30.8. The number of aromatic nitrogens is 2. The number of carbonyl (C=O) groups excluding carboxylic acids is 1. The maximum atomic E-state index is 14.0. The van der Waals surface area contributed by atoms with Crippen molar-refractivity contribution in [3.05, 3.63) is 47.4 Å². The van der Waals surface area contributed by atoms with Gasteiger partial charge < -0.3 is 13.6 Å². The molecule has 0 fully saturated rings. The van der Waals surface area contributed by atoms with Crippen LogP contribution in [0.5, 0.6) is 0 Å². The largest absolute Gasteiger partial charge is 0.469 e. The number of anilines is 1. The van der Waals surface area contributed by atoms with E-state index in [4.69, 9.17) is 23.6 Å². The lowest BCUT2D eigenvalue weighted by Crippen LogP contribution is -2.46. The number of esters is 1. The van der Waals surface area contributed by atoms with Gasteiger partial charge in [0.05, 0.1) is 43.4 Å². The van der Waals surface area contributed by atoms with Crippen LogP contribution in [0.2, 0.25) is 36.8 Å². The Morgan fingerprint density at radius 2 is 1.60 bits per heavy atom. The third kappa shape index (κ3) is 11.3. The highest BCUT2D eigenvalue weighted by Crippen LogP contribution is 2.39. The molecule has 0 aliphatic carbocycles. The Kier molecular flexibility index (Phi) is 13.7. The molecule has 0 spiro atoms. The molecule has 13 heteroatoms. The highest BCUT2D eigenvalue weighted by atomic mass is 32.2. The van der Waals surface area contributed by atoms with Gasteiger partial charge in [-0.1, -0.05) is 60.6 Å². The van der Waals surface area contributed by atoms with Crippen molar-refractivity contribution in [1.82, 2.24) is 9.97 Å². The number of hydrogen-bond donors (Lipinski definition) is 0. The predicted octanol–water partition coefficient (Wildman–Crippen LogP) is 8.16. The van der Waals surface area contributed by atoms with Crippen molar-refractivity contribution in [1.29, 1.82) is 0 Å². The molecular weight excluding hydrogens is 654 g/mol. The van der Waals surface area contributed by atoms with Crippen LogP contribution in [0.1, 0.15) is 78.5 Å². The van der Waals surface area contributed by atoms with Crippen LogP contribution in [0.3, 0.4) is 0 Å². The smallest absolute Gasteiger partial charge is 0.308 e. The highest BCUT2D eigenvalue weighted by molar-refractivity contribution is 7.92. The minimum Gasteiger partial charge on any atom is -0.469 e. The number of hydrogen-bond acceptors (Lipinski definition) is 8. The molecule has 2 atom stereocenters. The summed E-state index contributed by atoms with van der Waals surface area (Å²) in [5.41, 5.74) is 2.69. The summed E-state index contributed by atoms with van der Waals surface area (Å²) < 4.78 is 58.7. The molecule has 0 N–H and O–H groups in total. The fourth-order valence-electron chi connectivity index (χ4n) is 4.39. The zero-order chi connectivity index (χ0) is 36.1. The summed E-state index contributed by atoms with van der Waals surface area (Å²) in [4.78, 5) is 22.0. The minimum atomic E-state index is -3.66. The molecule has 0 radical (unpaired) electrons. The third-order valence-corrected chi connectivity index (χ3v) is 18.5. The molecule has 0 amide bonds. The van der Waals surface area contributed by atoms with Crippen LogP contribution in [-0.4, -0.2) is 73.6 Å². The lowest BCUT2D eigenvalue weighted by molar-refractivity contribution is -0.142. The van der Waals surface area contributed by atoms with Crippen LogP contribution in [0, 0.1) is 5.82 Å². The predicted molar refractivity (Wildman–Crippen MR) is 195 cm³/mol. The van der Waals surface area contributed by atoms with Crippen LogP contribution >= 0.6 is 0 Å². The SMILES string of the molecule is COC(=O)CC(CC(C=Cc1c(-c2ccc(F)cc2)nc(N(C)S(C)(=O)=O)nc1C(C)C)O[Si](C)(C)C(C)C)O[Si](C)(C)C(C)(C)C. The Morgan fingerprint density at radius 3 is 2.06 bits per heavy atom. The standard InChI is InChI=1S/C34H56FN3O6SSi2/c1-23(2)31-29(32(25-15-17-26(35)18-16-25)37-33(36-31)38(8)45(10,40)41)20-19-27(43-46(11,12)24(3)4)21-28(22-30(39)42-9)44-47(13,14)34(5,6)7/h15-20,23-24,27-28H,21-22H2,1-14H3. The molecular formula is C34H56FN3O6SSi2. The summed E-state index contributed by atoms with van der Waals surface area (Å²) in [5, 5.41) is -0.0754. The lowest BCUT2D eigenvalue weighted by atomic mass is 9.97. The number of nitrogens with zero attached hydrogens (tertiary/aromatic N) is 3. The molecule has 2 rings (SSSR count). The number of rotatable bonds is 15. The molecule has 2 aromatic rings. The van der Waals surface area contributed by atoms with Gasteiger partial charge in [-0.3, -0.25) is 4.79 Å². The van der Waals surface area contributed by atoms with Gasteiger partial charge in [0, 0.05) is 24.6 Å². The van der Waals surface area contributed by atoms with E-state index in [-0.39, 0.29) is 29.3 Å². The Labute approximate surface area is 284 Å². The van der Waals surface area contributed by atoms with Crippen molar-refractivity contribution in [2.24, 2.45) is 0 Å². The van der Waals surface area contributed by atoms with Crippen LogP contribution in [-0.2, 0) is 28.4 Å². The molecule has 1 heterocycles. The van der Waals surface area contributed by atoms with E-state index in [1.165, 1.54) is 26.3 Å². The van der Waals surface area contributed by atoms with Gasteiger partial charge in [0.25, 0.3) is 0 Å². The van der Waals surface area contributed by atoms with Gasteiger partial charge in [-0.25, -0.2) is 27.1 Å². The van der Waals surface area contributed by atoms with Gasteiger partial charge in [0.2, 0.25) is 16.0 Å². The van der Waals surface area contributed by atoms with Crippen molar-refractivity contribution in [2.45, 2.75) is 116 Å². The summed E-state index contributed by atoms with van der Waals surface area (Å²) in [6.45, 7) is 23.4. The average Bonchev–Trinajstić information content (AvgIpc) is 2.93. The second-order valence-corrected chi connectivity index (χ2v) is 26.2. The van der Waals surface area contributed by atoms with E-state index in [0.717, 1.165) is 10.6 Å². The van der Waals surface area contributed by atoms with E-state index < -0.39 is 44.7 Å². The quantitative estimate of drug-likeness (QED) is 0.135. The first-order chi connectivity index (χ1) is 21.4. The molecule has 1 aromatic heterocycles. The molecule has 0 saturated heterocycles. The van der Waals surface area contributed by atoms with E-state index >= 15 is 0 Å². The molecule has 0 saturated carbocycles. The van der Waals surface area contributed by atoms with Crippen molar-refractivity contribution in [3.8, 4) is 11.3 Å². The van der Waals surface area contributed by atoms with E-state index in [0.29, 0.717) is 34.5 Å². The fourth-order valence-corrected chi connectivity index (χ4v) is 7.36. The van der Waals surface area contributed by atoms with Crippen LogP contribution in [0.4, 0.5) is 10.3 Å². The van der Waals surface area contributed by atoms with Gasteiger partial charge in [0.1, 0.15) is 5.82 Å². The minimum absolute atomic E-state index is 0.0229. The normalized spacial score (nSPS) is 14.6. The first kappa shape index (κ1) is 40.7. The number of sulfonamides is 1. The van der Waals surface area contributed by atoms with Crippen molar-refractivity contribution in [2.75, 3.05) is 24.7 Å². The highest BCUT2D eigenvalue weighted by Gasteiger charge is 2.40. The third-order valence-electron chi connectivity index (χ3n) is 9.11. The molecule has 9 nitrogen and oxygen atoms in total. The maximum Gasteiger partial charge on any atom is 0.308 e. The van der Waals surface area contributed by atoms with Crippen LogP contribution in [0.15, 0.2) is 30.3 Å². The van der Waals surface area contributed by atoms with Crippen LogP contribution in [0.25, 0.3) is 17.3 Å². The Hall–Kier alpha value is -2.46. The monoisotopic (exact) mass is 709 g/mol. The molecule has 0 aliphatic rings. The topological polar surface area (TPSA) is 108 Å². The Bertz CT molecular complexity index is 1510. The number of benzene rings is 1. The van der Waals surface area contributed by atoms with Gasteiger partial charge in [-0.15, -0.1) is 0 Å². The van der Waals surface area contributed by atoms with E-state index in [1.54, 1.807) is 12.1 Å². The summed E-state index contributed by atoms with van der Waals surface area (Å²) in [6, 6.07) is 5.92. The molecule has 1 aromatic carbocycles. The number of methoxy groups -OCH3 is 1. The summed E-state index contributed by atoms with van der Waals surface area (Å²) in [5.74, 6) is -0.838. The summed E-state index contributed by atoms with van der Waals surface area (Å²) in [7, 11) is -5.36. The number of carbonyl (C=O) groups is 1. The van der Waals surface area contributed by atoms with Crippen molar-refractivity contribution < 1.29 is 31.2 Å². The van der Waals surface area contributed by atoms with E-state index in [1.807, 2.05) is 26.0 Å². The van der Waals surface area contributed by atoms with Crippen LogP contribution < -0.4 is 4.31 Å². The Balaban J connectivity index is 2.81. The first-order valence-electron chi connectivity index (χ1n) is 16.1. The molecule has 264 valence electrons. The second kappa shape index (κ2) is 15.8. The van der Waals surface area contributed by atoms with Gasteiger partial charge in [0.15, 0.2) is 16.6 Å². The molecule has 0 bridgehead atoms. The number of ether oxygens (including phenoxy) is 1. The fraction of sp³-hybridized carbons (Fsp3) is 0.618. The van der Waals surface area contributed by atoms with E-state index in [9.17, 15) is 17.6 Å². The van der Waals surface area contributed by atoms with Gasteiger partial charge in [-0.2, -0.15) is 0 Å². The summed E-state index contributed by atoms with van der Waals surface area (Å²) in [6.07, 6.45) is 4.60. The summed E-state index contributed by atoms with van der Waals surface area (Å²) >= 11 is 0. The molecule has 0 aliphatic heterocycles. The van der Waals surface area contributed by atoms with Crippen molar-refractivity contribution >= 4 is 44.7 Å². The number of halogens is 1. The van der Waals surface area contributed by atoms with Gasteiger partial charge >= 0.3 is 5.97 Å². The Morgan fingerprint density at radius 1 is 1.02 bits per heavy atom. The second-order valence-electron chi connectivity index (χ2n) is 14.9. The first-order valence-corrected chi connectivity index (χ1v) is 23.9. The molecule has 2 unspecified atom stereocenters. The average molecular weight is 710 g/mol.